The quantitative estimate of drug-likeness (QED) is 0.265. The number of anilines is 1. The van der Waals surface area contributed by atoms with Crippen molar-refractivity contribution < 1.29 is 31.8 Å². The number of imide groups is 1. The number of halogens is 1. The maximum atomic E-state index is 11.8. The number of carbonyl (C=O) groups is 2. The van der Waals surface area contributed by atoms with Gasteiger partial charge in [-0.3, -0.25) is 10.1 Å². The highest BCUT2D eigenvalue weighted by Gasteiger charge is 2.13. The Kier molecular flexibility index (Phi) is 7.22. The van der Waals surface area contributed by atoms with Crippen LogP contribution in [0.1, 0.15) is 5.56 Å². The number of hydrogen-bond donors (Lipinski definition) is 3. The van der Waals surface area contributed by atoms with Gasteiger partial charge in [-0.2, -0.15) is 4.57 Å². The summed E-state index contributed by atoms with van der Waals surface area (Å²) in [6, 6.07) is 11.7. The van der Waals surface area contributed by atoms with Crippen molar-refractivity contribution >= 4 is 23.8 Å². The first-order chi connectivity index (χ1) is 10.7. The van der Waals surface area contributed by atoms with Crippen molar-refractivity contribution in [1.29, 1.82) is 0 Å². The smallest absolute Gasteiger partial charge is 0.326 e. The Balaban J connectivity index is 0.00000264. The lowest BCUT2D eigenvalue weighted by molar-refractivity contribution is -0.684. The van der Waals surface area contributed by atoms with E-state index in [0.717, 1.165) is 0 Å². The lowest BCUT2D eigenvalue weighted by atomic mass is 10.3. The highest BCUT2D eigenvalue weighted by molar-refractivity contribution is 6.00. The molecule has 0 saturated carbocycles. The fourth-order valence-electron chi connectivity index (χ4n) is 1.80. The fourth-order valence-corrected chi connectivity index (χ4v) is 1.80. The third-order valence-electron chi connectivity index (χ3n) is 2.70. The largest absolute Gasteiger partial charge is 1.00 e. The van der Waals surface area contributed by atoms with Gasteiger partial charge in [-0.1, -0.05) is 23.4 Å². The molecule has 3 N–H and O–H groups in total. The SMILES string of the molecule is O=C(C[n+]1cccc(/C=N/O)c1)NC(=O)Nc1ccccc1.[Cl-]. The Hall–Kier alpha value is -2.93. The molecule has 1 aromatic heterocycles. The van der Waals surface area contributed by atoms with Crippen molar-refractivity contribution in [1.82, 2.24) is 5.32 Å². The second-order valence-electron chi connectivity index (χ2n) is 4.42. The van der Waals surface area contributed by atoms with Crippen LogP contribution in [0.5, 0.6) is 0 Å². The van der Waals surface area contributed by atoms with Crippen molar-refractivity contribution in [2.75, 3.05) is 5.32 Å². The molecule has 23 heavy (non-hydrogen) atoms. The van der Waals surface area contributed by atoms with E-state index in [4.69, 9.17) is 5.21 Å². The average molecular weight is 335 g/mol. The van der Waals surface area contributed by atoms with E-state index in [0.29, 0.717) is 11.3 Å². The van der Waals surface area contributed by atoms with E-state index in [1.165, 1.54) is 6.21 Å². The lowest BCUT2D eigenvalue weighted by Gasteiger charge is -2.05. The molecule has 8 heteroatoms. The summed E-state index contributed by atoms with van der Waals surface area (Å²) in [4.78, 5) is 23.5. The predicted octanol–water partition coefficient (Wildman–Crippen LogP) is -1.87. The molecule has 0 atom stereocenters. The summed E-state index contributed by atoms with van der Waals surface area (Å²) >= 11 is 0. The van der Waals surface area contributed by atoms with Crippen LogP contribution in [0.4, 0.5) is 10.5 Å². The van der Waals surface area contributed by atoms with Gasteiger partial charge in [0.15, 0.2) is 12.4 Å². The van der Waals surface area contributed by atoms with Crippen molar-refractivity contribution in [3.8, 4) is 0 Å². The maximum Gasteiger partial charge on any atom is 0.326 e. The monoisotopic (exact) mass is 334 g/mol. The first-order valence-electron chi connectivity index (χ1n) is 6.50. The van der Waals surface area contributed by atoms with E-state index in [2.05, 4.69) is 15.8 Å². The molecule has 0 spiro atoms. The highest BCUT2D eigenvalue weighted by atomic mass is 35.5. The number of oxime groups is 1. The van der Waals surface area contributed by atoms with Gasteiger partial charge in [0.25, 0.3) is 5.91 Å². The van der Waals surface area contributed by atoms with Crippen molar-refractivity contribution in [3.05, 3.63) is 60.4 Å². The van der Waals surface area contributed by atoms with E-state index >= 15 is 0 Å². The zero-order valence-corrected chi connectivity index (χ0v) is 12.8. The normalized spacial score (nSPS) is 9.91. The molecule has 0 bridgehead atoms. The van der Waals surface area contributed by atoms with Gasteiger partial charge in [-0.15, -0.1) is 0 Å². The predicted molar refractivity (Wildman–Crippen MR) is 79.6 cm³/mol. The first kappa shape index (κ1) is 18.1. The summed E-state index contributed by atoms with van der Waals surface area (Å²) in [5.41, 5.74) is 1.23. The molecule has 0 radical (unpaired) electrons. The molecule has 7 nitrogen and oxygen atoms in total. The van der Waals surface area contributed by atoms with Gasteiger partial charge >= 0.3 is 6.03 Å². The van der Waals surface area contributed by atoms with Crippen molar-refractivity contribution in [2.45, 2.75) is 6.54 Å². The maximum absolute atomic E-state index is 11.8. The highest BCUT2D eigenvalue weighted by Crippen LogP contribution is 2.03. The molecule has 2 aromatic rings. The second kappa shape index (κ2) is 9.16. The number of amides is 3. The number of carbonyl (C=O) groups excluding carboxylic acids is 2. The minimum Gasteiger partial charge on any atom is -1.00 e. The minimum absolute atomic E-state index is 0. The van der Waals surface area contributed by atoms with Crippen LogP contribution in [0.25, 0.3) is 0 Å². The Labute approximate surface area is 139 Å². The van der Waals surface area contributed by atoms with Gasteiger partial charge in [0.1, 0.15) is 0 Å². The zero-order valence-electron chi connectivity index (χ0n) is 12.0. The van der Waals surface area contributed by atoms with E-state index in [9.17, 15) is 9.59 Å². The van der Waals surface area contributed by atoms with E-state index < -0.39 is 11.9 Å². The fraction of sp³-hybridized carbons (Fsp3) is 0.0667. The summed E-state index contributed by atoms with van der Waals surface area (Å²) in [7, 11) is 0. The number of benzene rings is 1. The number of urea groups is 1. The molecular weight excluding hydrogens is 320 g/mol. The molecule has 120 valence electrons. The Bertz CT molecular complexity index is 692. The number of hydrogen-bond acceptors (Lipinski definition) is 4. The lowest BCUT2D eigenvalue weighted by Crippen LogP contribution is -3.00. The summed E-state index contributed by atoms with van der Waals surface area (Å²) < 4.78 is 1.57. The zero-order chi connectivity index (χ0) is 15.8. The van der Waals surface area contributed by atoms with Crippen LogP contribution < -0.4 is 27.6 Å². The summed E-state index contributed by atoms with van der Waals surface area (Å²) in [5.74, 6) is -0.462. The molecule has 1 heterocycles. The van der Waals surface area contributed by atoms with Crippen LogP contribution >= 0.6 is 0 Å². The first-order valence-corrected chi connectivity index (χ1v) is 6.50. The third-order valence-corrected chi connectivity index (χ3v) is 2.70. The molecular formula is C15H15ClN4O3. The summed E-state index contributed by atoms with van der Waals surface area (Å²) in [6.07, 6.45) is 4.54. The van der Waals surface area contributed by atoms with Gasteiger partial charge in [0.05, 0.1) is 11.8 Å². The van der Waals surface area contributed by atoms with Crippen LogP contribution in [0, 0.1) is 0 Å². The standard InChI is InChI=1S/C15H14N4O3.ClH/c20-14(11-19-8-4-5-12(10-19)9-16-22)18-15(21)17-13-6-2-1-3-7-13;/h1-10H,11H2,(H2-,17,18,20,21,22);1H/b16-9+;. The summed E-state index contributed by atoms with van der Waals surface area (Å²) in [5, 5.41) is 16.2. The number of rotatable bonds is 4. The molecule has 3 amide bonds. The van der Waals surface area contributed by atoms with Crippen LogP contribution in [0.2, 0.25) is 0 Å². The van der Waals surface area contributed by atoms with E-state index in [-0.39, 0.29) is 19.0 Å². The van der Waals surface area contributed by atoms with Gasteiger partial charge < -0.3 is 22.9 Å². The van der Waals surface area contributed by atoms with Crippen molar-refractivity contribution in [2.24, 2.45) is 5.16 Å². The number of pyridine rings is 1. The molecule has 0 aliphatic heterocycles. The second-order valence-corrected chi connectivity index (χ2v) is 4.42. The van der Waals surface area contributed by atoms with Gasteiger partial charge in [-0.25, -0.2) is 4.79 Å². The van der Waals surface area contributed by atoms with Crippen LogP contribution in [0.15, 0.2) is 60.0 Å². The average Bonchev–Trinajstić information content (AvgIpc) is 2.48. The molecule has 0 aliphatic rings. The molecule has 0 fully saturated rings. The van der Waals surface area contributed by atoms with Gasteiger partial charge in [0.2, 0.25) is 6.54 Å². The molecule has 2 rings (SSSR count). The Morgan fingerprint density at radius 2 is 1.91 bits per heavy atom. The Morgan fingerprint density at radius 3 is 2.61 bits per heavy atom. The molecule has 0 saturated heterocycles. The van der Waals surface area contributed by atoms with Crippen LogP contribution in [-0.2, 0) is 11.3 Å². The number of aromatic nitrogens is 1. The van der Waals surface area contributed by atoms with Gasteiger partial charge in [0, 0.05) is 11.8 Å². The van der Waals surface area contributed by atoms with E-state index in [1.54, 1.807) is 53.4 Å². The van der Waals surface area contributed by atoms with Crippen LogP contribution in [-0.4, -0.2) is 23.4 Å². The summed E-state index contributed by atoms with van der Waals surface area (Å²) in [6.45, 7) is -0.0324. The molecule has 0 unspecified atom stereocenters. The number of nitrogens with zero attached hydrogens (tertiary/aromatic N) is 2. The van der Waals surface area contributed by atoms with Crippen LogP contribution in [0.3, 0.4) is 0 Å². The topological polar surface area (TPSA) is 94.7 Å². The molecule has 1 aromatic carbocycles. The van der Waals surface area contributed by atoms with Crippen molar-refractivity contribution in [3.63, 3.8) is 0 Å². The number of para-hydroxylation sites is 1. The van der Waals surface area contributed by atoms with Gasteiger partial charge in [-0.05, 0) is 18.2 Å². The number of nitrogens with one attached hydrogen (secondary N) is 2. The Morgan fingerprint density at radius 1 is 1.17 bits per heavy atom. The third kappa shape index (κ3) is 6.15. The van der Waals surface area contributed by atoms with E-state index in [1.807, 2.05) is 6.07 Å². The minimum atomic E-state index is -0.593. The molecule has 0 aliphatic carbocycles.